The van der Waals surface area contributed by atoms with Gasteiger partial charge < -0.3 is 15.1 Å². The first-order chi connectivity index (χ1) is 15.5. The Balaban J connectivity index is 1.38. The molecular formula is C25H46N6O. The number of aromatic nitrogens is 1. The van der Waals surface area contributed by atoms with Gasteiger partial charge in [-0.05, 0) is 77.5 Å². The highest BCUT2D eigenvalue weighted by Crippen LogP contribution is 2.20. The maximum atomic E-state index is 5.76. The van der Waals surface area contributed by atoms with Crippen molar-refractivity contribution in [2.24, 2.45) is 16.8 Å². The van der Waals surface area contributed by atoms with Crippen molar-refractivity contribution in [1.29, 1.82) is 0 Å². The number of aliphatic imine (C=N–C) groups is 1. The van der Waals surface area contributed by atoms with Gasteiger partial charge in [-0.2, -0.15) is 0 Å². The van der Waals surface area contributed by atoms with E-state index in [1.165, 1.54) is 51.6 Å². The zero-order valence-electron chi connectivity index (χ0n) is 21.1. The molecule has 2 N–H and O–H groups in total. The molecule has 2 aliphatic heterocycles. The first kappa shape index (κ1) is 25.0. The number of aryl methyl sites for hydroxylation is 2. The largest absolute Gasteiger partial charge is 0.444 e. The van der Waals surface area contributed by atoms with Crippen LogP contribution in [-0.4, -0.2) is 73.1 Å². The normalized spacial score (nSPS) is 21.0. The molecule has 0 amide bonds. The van der Waals surface area contributed by atoms with Crippen LogP contribution in [0.15, 0.2) is 9.41 Å². The molecular weight excluding hydrogens is 400 g/mol. The monoisotopic (exact) mass is 446 g/mol. The van der Waals surface area contributed by atoms with Gasteiger partial charge in [0.15, 0.2) is 5.96 Å². The van der Waals surface area contributed by atoms with Crippen molar-refractivity contribution in [2.75, 3.05) is 46.3 Å². The summed E-state index contributed by atoms with van der Waals surface area (Å²) >= 11 is 0. The van der Waals surface area contributed by atoms with Crippen LogP contribution in [-0.2, 0) is 6.54 Å². The second-order valence-electron chi connectivity index (χ2n) is 10.1. The zero-order chi connectivity index (χ0) is 22.9. The van der Waals surface area contributed by atoms with Crippen LogP contribution in [0.25, 0.3) is 0 Å². The van der Waals surface area contributed by atoms with Gasteiger partial charge in [0.05, 0.1) is 12.2 Å². The fourth-order valence-corrected chi connectivity index (χ4v) is 5.02. The number of hydrogen-bond acceptors (Lipinski definition) is 5. The maximum Gasteiger partial charge on any atom is 0.208 e. The number of guanidine groups is 1. The molecule has 2 saturated heterocycles. The summed E-state index contributed by atoms with van der Waals surface area (Å²) in [6, 6.07) is 0.567. The second kappa shape index (κ2) is 12.6. The number of hydrogen-bond donors (Lipinski definition) is 2. The van der Waals surface area contributed by atoms with E-state index in [0.29, 0.717) is 17.9 Å². The molecule has 1 atom stereocenters. The van der Waals surface area contributed by atoms with E-state index in [1.54, 1.807) is 0 Å². The summed E-state index contributed by atoms with van der Waals surface area (Å²) in [5, 5.41) is 7.22. The van der Waals surface area contributed by atoms with Gasteiger partial charge in [-0.15, -0.1) is 0 Å². The Morgan fingerprint density at radius 3 is 2.31 bits per heavy atom. The summed E-state index contributed by atoms with van der Waals surface area (Å²) in [7, 11) is 1.88. The summed E-state index contributed by atoms with van der Waals surface area (Å²) in [5.41, 5.74) is 1.01. The third-order valence-corrected chi connectivity index (χ3v) is 7.28. The average molecular weight is 447 g/mol. The van der Waals surface area contributed by atoms with Gasteiger partial charge in [0.1, 0.15) is 5.76 Å². The lowest BCUT2D eigenvalue weighted by atomic mass is 9.97. The van der Waals surface area contributed by atoms with Crippen molar-refractivity contribution in [3.05, 3.63) is 17.3 Å². The molecule has 7 nitrogen and oxygen atoms in total. The molecule has 1 unspecified atom stereocenters. The van der Waals surface area contributed by atoms with E-state index in [0.717, 1.165) is 56.0 Å². The fourth-order valence-electron chi connectivity index (χ4n) is 5.02. The fraction of sp³-hybridized carbons (Fsp3) is 0.840. The number of rotatable bonds is 8. The first-order valence-electron chi connectivity index (χ1n) is 12.8. The summed E-state index contributed by atoms with van der Waals surface area (Å²) in [4.78, 5) is 14.2. The highest BCUT2D eigenvalue weighted by molar-refractivity contribution is 5.79. The minimum atomic E-state index is 0.567. The lowest BCUT2D eigenvalue weighted by Gasteiger charge is -2.34. The highest BCUT2D eigenvalue weighted by atomic mass is 16.4. The van der Waals surface area contributed by atoms with Crippen LogP contribution in [0.4, 0.5) is 0 Å². The number of piperidine rings is 1. The highest BCUT2D eigenvalue weighted by Gasteiger charge is 2.24. The van der Waals surface area contributed by atoms with Crippen molar-refractivity contribution >= 4 is 5.96 Å². The summed E-state index contributed by atoms with van der Waals surface area (Å²) in [5.74, 6) is 4.06. The van der Waals surface area contributed by atoms with Crippen molar-refractivity contribution in [3.8, 4) is 0 Å². The Kier molecular flexibility index (Phi) is 9.85. The van der Waals surface area contributed by atoms with Crippen LogP contribution in [0, 0.1) is 25.7 Å². The van der Waals surface area contributed by atoms with Gasteiger partial charge in [0.2, 0.25) is 5.89 Å². The molecule has 1 aromatic heterocycles. The van der Waals surface area contributed by atoms with Crippen molar-refractivity contribution in [3.63, 3.8) is 0 Å². The molecule has 1 aromatic rings. The summed E-state index contributed by atoms with van der Waals surface area (Å²) in [6.45, 7) is 16.2. The summed E-state index contributed by atoms with van der Waals surface area (Å²) in [6.07, 6.45) is 7.84. The van der Waals surface area contributed by atoms with E-state index in [1.807, 2.05) is 20.9 Å². The van der Waals surface area contributed by atoms with Gasteiger partial charge in [-0.1, -0.05) is 26.7 Å². The molecule has 0 saturated carbocycles. The number of oxazole rings is 1. The average Bonchev–Trinajstić information content (AvgIpc) is 2.96. The number of nitrogens with one attached hydrogen (secondary N) is 2. The molecule has 3 rings (SSSR count). The van der Waals surface area contributed by atoms with Gasteiger partial charge >= 0.3 is 0 Å². The zero-order valence-corrected chi connectivity index (χ0v) is 21.1. The summed E-state index contributed by atoms with van der Waals surface area (Å²) < 4.78 is 5.76. The Labute approximate surface area is 195 Å². The van der Waals surface area contributed by atoms with Crippen LogP contribution in [0.2, 0.25) is 0 Å². The SMILES string of the molecule is CN=C(NCC1CCN(Cc2nc(C)c(C)o2)CC1)NCC(C(C)C)N1CCCCCC1. The molecule has 0 bridgehead atoms. The van der Waals surface area contributed by atoms with Gasteiger partial charge in [-0.3, -0.25) is 14.8 Å². The molecule has 2 fully saturated rings. The van der Waals surface area contributed by atoms with Crippen molar-refractivity contribution in [2.45, 2.75) is 78.8 Å². The van der Waals surface area contributed by atoms with E-state index in [-0.39, 0.29) is 0 Å². The topological polar surface area (TPSA) is 68.9 Å². The number of nitrogens with zero attached hydrogens (tertiary/aromatic N) is 4. The maximum absolute atomic E-state index is 5.76. The lowest BCUT2D eigenvalue weighted by molar-refractivity contribution is 0.160. The van der Waals surface area contributed by atoms with E-state index in [9.17, 15) is 0 Å². The van der Waals surface area contributed by atoms with Crippen LogP contribution in [0.5, 0.6) is 0 Å². The predicted molar refractivity (Wildman–Crippen MR) is 132 cm³/mol. The minimum absolute atomic E-state index is 0.567. The van der Waals surface area contributed by atoms with Crippen molar-refractivity contribution < 1.29 is 4.42 Å². The standard InChI is InChI=1S/C25H46N6O/c1-19(2)23(31-12-8-6-7-9-13-31)17-28-25(26-5)27-16-22-10-14-30(15-11-22)18-24-29-20(3)21(4)32-24/h19,22-23H,6-18H2,1-5H3,(H2,26,27,28). The Morgan fingerprint density at radius 2 is 1.75 bits per heavy atom. The van der Waals surface area contributed by atoms with Gasteiger partial charge in [0, 0.05) is 26.2 Å². The molecule has 7 heteroatoms. The van der Waals surface area contributed by atoms with Gasteiger partial charge in [0.25, 0.3) is 0 Å². The molecule has 0 aromatic carbocycles. The van der Waals surface area contributed by atoms with E-state index >= 15 is 0 Å². The van der Waals surface area contributed by atoms with Crippen LogP contribution in [0.3, 0.4) is 0 Å². The van der Waals surface area contributed by atoms with Crippen LogP contribution < -0.4 is 10.6 Å². The minimum Gasteiger partial charge on any atom is -0.444 e. The van der Waals surface area contributed by atoms with Crippen molar-refractivity contribution in [1.82, 2.24) is 25.4 Å². The molecule has 0 radical (unpaired) electrons. The quantitative estimate of drug-likeness (QED) is 0.470. The number of likely N-dealkylation sites (tertiary alicyclic amines) is 2. The van der Waals surface area contributed by atoms with E-state index in [4.69, 9.17) is 4.42 Å². The van der Waals surface area contributed by atoms with Gasteiger partial charge in [-0.25, -0.2) is 4.98 Å². The van der Waals surface area contributed by atoms with E-state index in [2.05, 4.69) is 44.3 Å². The second-order valence-corrected chi connectivity index (χ2v) is 10.1. The Morgan fingerprint density at radius 1 is 1.06 bits per heavy atom. The van der Waals surface area contributed by atoms with Crippen LogP contribution >= 0.6 is 0 Å². The molecule has 32 heavy (non-hydrogen) atoms. The first-order valence-corrected chi connectivity index (χ1v) is 12.8. The Bertz CT molecular complexity index is 680. The van der Waals surface area contributed by atoms with Crippen LogP contribution in [0.1, 0.15) is 69.7 Å². The molecule has 2 aliphatic rings. The van der Waals surface area contributed by atoms with E-state index < -0.39 is 0 Å². The molecule has 0 spiro atoms. The Hall–Kier alpha value is -1.60. The molecule has 0 aliphatic carbocycles. The third kappa shape index (κ3) is 7.48. The predicted octanol–water partition coefficient (Wildman–Crippen LogP) is 3.57. The lowest BCUT2D eigenvalue weighted by Crippen LogP contribution is -2.50. The third-order valence-electron chi connectivity index (χ3n) is 7.28. The molecule has 3 heterocycles. The smallest absolute Gasteiger partial charge is 0.208 e. The molecule has 182 valence electrons.